The van der Waals surface area contributed by atoms with Gasteiger partial charge in [-0.1, -0.05) is 32.3 Å². The SMILES string of the molecule is C=N/C=C1\C(=Nc2ccc(N3CCN(C4CCN(C(=O)N5CCC(CN6CCN(c7ccc(C)c(C(=O)N(C=O)C(C)CCC)c7)CC6)CC5)CC4)CC3)cn2)N(C2CCCC2)C(=O)C(C(C)=O)=C1C. The number of piperidine rings is 2. The number of urea groups is 1. The molecule has 6 heterocycles. The minimum absolute atomic E-state index is 0.0360. The van der Waals surface area contributed by atoms with Gasteiger partial charge in [0.25, 0.3) is 11.8 Å². The van der Waals surface area contributed by atoms with Crippen molar-refractivity contribution in [3.05, 3.63) is 70.6 Å². The number of aryl methyl sites for hydroxylation is 1. The number of Topliss-reactive ketones (excluding diaryl/α,β-unsaturated/α-hetero) is 1. The fraction of sp³-hybridized carbons (Fsp3) is 0.593. The van der Waals surface area contributed by atoms with Crippen molar-refractivity contribution in [1.82, 2.24) is 34.4 Å². The Balaban J connectivity index is 0.762. The maximum absolute atomic E-state index is 13.8. The van der Waals surface area contributed by atoms with Crippen molar-refractivity contribution < 1.29 is 24.0 Å². The zero-order chi connectivity index (χ0) is 49.5. The van der Waals surface area contributed by atoms with E-state index in [1.165, 1.54) is 11.8 Å². The van der Waals surface area contributed by atoms with Gasteiger partial charge in [-0.15, -0.1) is 0 Å². The summed E-state index contributed by atoms with van der Waals surface area (Å²) in [6.45, 7) is 24.4. The van der Waals surface area contributed by atoms with Crippen LogP contribution in [-0.4, -0.2) is 180 Å². The highest BCUT2D eigenvalue weighted by Gasteiger charge is 2.41. The van der Waals surface area contributed by atoms with Crippen molar-refractivity contribution in [2.24, 2.45) is 15.9 Å². The average molecular weight is 958 g/mol. The Bertz CT molecular complexity index is 2330. The van der Waals surface area contributed by atoms with Crippen molar-refractivity contribution >= 4 is 59.8 Å². The molecule has 5 amide bonds. The molecule has 16 nitrogen and oxygen atoms in total. The third-order valence-corrected chi connectivity index (χ3v) is 15.9. The fourth-order valence-corrected chi connectivity index (χ4v) is 11.7. The number of piperazine rings is 2. The van der Waals surface area contributed by atoms with Crippen LogP contribution >= 0.6 is 0 Å². The molecule has 1 unspecified atom stereocenters. The van der Waals surface area contributed by atoms with Crippen LogP contribution in [-0.2, 0) is 14.4 Å². The van der Waals surface area contributed by atoms with Gasteiger partial charge in [0.15, 0.2) is 11.6 Å². The number of amidine groups is 1. The number of imide groups is 1. The number of anilines is 2. The fourth-order valence-electron chi connectivity index (χ4n) is 11.7. The highest BCUT2D eigenvalue weighted by atomic mass is 16.2. The maximum Gasteiger partial charge on any atom is 0.319 e. The monoisotopic (exact) mass is 958 g/mol. The van der Waals surface area contributed by atoms with Gasteiger partial charge < -0.3 is 19.6 Å². The molecule has 1 aromatic heterocycles. The van der Waals surface area contributed by atoms with E-state index in [1.54, 1.807) is 18.0 Å². The molecule has 1 atom stereocenters. The van der Waals surface area contributed by atoms with Crippen LogP contribution in [0, 0.1) is 12.8 Å². The standard InChI is InChI=1S/C54H75N11O5/c1-7-10-39(3)64(37-66)52(68)47-33-45(14-13-38(47)2)60-27-25-58(26-28-60)36-42-17-21-62(22-18-42)54(70)63-23-19-43(20-24-63)59-29-31-61(32-30-59)46-15-16-49(56-34-46)57-51-48(35-55-6)40(4)50(41(5)67)53(69)65(51)44-11-8-9-12-44/h13-16,33-35,37,39,42-44H,6-12,17-32,36H2,1-5H3/b48-35-,57-51?. The molecule has 1 saturated carbocycles. The number of rotatable bonds is 14. The molecule has 8 rings (SSSR count). The lowest BCUT2D eigenvalue weighted by Gasteiger charge is -2.44. The average Bonchev–Trinajstić information content (AvgIpc) is 3.91. The van der Waals surface area contributed by atoms with Gasteiger partial charge in [-0.05, 0) is 121 Å². The molecule has 0 bridgehead atoms. The van der Waals surface area contributed by atoms with Crippen LogP contribution in [0.1, 0.15) is 108 Å². The largest absolute Gasteiger partial charge is 0.369 e. The third kappa shape index (κ3) is 11.2. The Hall–Kier alpha value is -5.74. The topological polar surface area (TPSA) is 149 Å². The summed E-state index contributed by atoms with van der Waals surface area (Å²) in [4.78, 5) is 96.3. The summed E-state index contributed by atoms with van der Waals surface area (Å²) in [7, 11) is 0. The van der Waals surface area contributed by atoms with Crippen LogP contribution in [0.4, 0.5) is 22.0 Å². The number of hydrogen-bond acceptors (Lipinski definition) is 12. The molecule has 1 aromatic carbocycles. The van der Waals surface area contributed by atoms with Crippen molar-refractivity contribution in [3.8, 4) is 0 Å². The number of carbonyl (C=O) groups excluding carboxylic acids is 5. The minimum Gasteiger partial charge on any atom is -0.369 e. The second-order valence-electron chi connectivity index (χ2n) is 20.4. The van der Waals surface area contributed by atoms with Crippen LogP contribution in [0.15, 0.2) is 69.4 Å². The molecule has 16 heteroatoms. The summed E-state index contributed by atoms with van der Waals surface area (Å²) in [5, 5.41) is 0. The Morgan fingerprint density at radius 2 is 1.46 bits per heavy atom. The van der Waals surface area contributed by atoms with E-state index < -0.39 is 0 Å². The smallest absolute Gasteiger partial charge is 0.319 e. The van der Waals surface area contributed by atoms with E-state index in [4.69, 9.17) is 9.98 Å². The number of hydrogen-bond donors (Lipinski definition) is 0. The number of ketones is 1. The number of carbonyl (C=O) groups is 5. The summed E-state index contributed by atoms with van der Waals surface area (Å²) < 4.78 is 0. The molecule has 6 aliphatic rings. The highest BCUT2D eigenvalue weighted by Crippen LogP contribution is 2.35. The van der Waals surface area contributed by atoms with Crippen molar-refractivity contribution in [3.63, 3.8) is 0 Å². The number of benzene rings is 1. The summed E-state index contributed by atoms with van der Waals surface area (Å²) >= 11 is 0. The van der Waals surface area contributed by atoms with E-state index in [0.29, 0.717) is 46.7 Å². The van der Waals surface area contributed by atoms with Gasteiger partial charge in [0.1, 0.15) is 5.84 Å². The zero-order valence-corrected chi connectivity index (χ0v) is 42.4. The molecule has 70 heavy (non-hydrogen) atoms. The molecule has 2 aromatic rings. The van der Waals surface area contributed by atoms with Crippen LogP contribution in [0.25, 0.3) is 0 Å². The molecule has 376 valence electrons. The summed E-state index contributed by atoms with van der Waals surface area (Å²) in [6, 6.07) is 10.5. The highest BCUT2D eigenvalue weighted by molar-refractivity contribution is 6.29. The molecular formula is C54H75N11O5. The number of aromatic nitrogens is 1. The zero-order valence-electron chi connectivity index (χ0n) is 42.4. The lowest BCUT2D eigenvalue weighted by atomic mass is 9.91. The molecule has 5 aliphatic heterocycles. The van der Waals surface area contributed by atoms with Gasteiger partial charge in [0.2, 0.25) is 6.41 Å². The van der Waals surface area contributed by atoms with Crippen molar-refractivity contribution in [1.29, 1.82) is 0 Å². The van der Waals surface area contributed by atoms with Crippen LogP contribution in [0.3, 0.4) is 0 Å². The van der Waals surface area contributed by atoms with Gasteiger partial charge in [0.05, 0.1) is 17.5 Å². The number of pyridine rings is 1. The lowest BCUT2D eigenvalue weighted by molar-refractivity contribution is -0.128. The Morgan fingerprint density at radius 3 is 2.06 bits per heavy atom. The van der Waals surface area contributed by atoms with Gasteiger partial charge >= 0.3 is 6.03 Å². The predicted molar refractivity (Wildman–Crippen MR) is 276 cm³/mol. The second-order valence-corrected chi connectivity index (χ2v) is 20.4. The normalized spacial score (nSPS) is 22.4. The van der Waals surface area contributed by atoms with E-state index >= 15 is 0 Å². The molecule has 1 aliphatic carbocycles. The predicted octanol–water partition coefficient (Wildman–Crippen LogP) is 6.72. The number of amides is 5. The number of aliphatic imine (C=N–C) groups is 2. The summed E-state index contributed by atoms with van der Waals surface area (Å²) in [5.41, 5.74) is 4.91. The van der Waals surface area contributed by atoms with Crippen molar-refractivity contribution in [2.75, 3.05) is 94.9 Å². The summed E-state index contributed by atoms with van der Waals surface area (Å²) in [5.74, 6) is 0.754. The molecule has 0 spiro atoms. The first-order valence-electron chi connectivity index (χ1n) is 26.0. The Labute approximate surface area is 415 Å². The summed E-state index contributed by atoms with van der Waals surface area (Å²) in [6.07, 6.45) is 13.6. The first-order chi connectivity index (χ1) is 33.9. The molecular weight excluding hydrogens is 883 g/mol. The van der Waals surface area contributed by atoms with E-state index in [-0.39, 0.29) is 41.3 Å². The first kappa shape index (κ1) is 50.6. The molecule has 0 radical (unpaired) electrons. The Morgan fingerprint density at radius 1 is 0.829 bits per heavy atom. The minimum atomic E-state index is -0.298. The number of likely N-dealkylation sites (tertiary alicyclic amines) is 2. The van der Waals surface area contributed by atoms with E-state index in [1.807, 2.05) is 38.2 Å². The molecule has 0 N–H and O–H groups in total. The molecule has 5 fully saturated rings. The van der Waals surface area contributed by atoms with Gasteiger partial charge in [0, 0.05) is 126 Å². The van der Waals surface area contributed by atoms with Gasteiger partial charge in [-0.25, -0.2) is 14.8 Å². The van der Waals surface area contributed by atoms with Crippen LogP contribution in [0.2, 0.25) is 0 Å². The van der Waals surface area contributed by atoms with E-state index in [0.717, 1.165) is 166 Å². The van der Waals surface area contributed by atoms with E-state index in [2.05, 4.69) is 60.2 Å². The first-order valence-corrected chi connectivity index (χ1v) is 26.0. The van der Waals surface area contributed by atoms with Crippen molar-refractivity contribution in [2.45, 2.75) is 117 Å². The van der Waals surface area contributed by atoms with Crippen LogP contribution < -0.4 is 9.80 Å². The third-order valence-electron chi connectivity index (χ3n) is 15.9. The van der Waals surface area contributed by atoms with Gasteiger partial charge in [-0.3, -0.25) is 43.8 Å². The molecule has 4 saturated heterocycles. The lowest BCUT2D eigenvalue weighted by Crippen LogP contribution is -2.55. The quantitative estimate of drug-likeness (QED) is 0.114. The number of nitrogens with zero attached hydrogens (tertiary/aromatic N) is 11. The Kier molecular flexibility index (Phi) is 16.6. The van der Waals surface area contributed by atoms with Crippen LogP contribution in [0.5, 0.6) is 0 Å². The maximum atomic E-state index is 13.8. The van der Waals surface area contributed by atoms with E-state index in [9.17, 15) is 24.0 Å². The van der Waals surface area contributed by atoms with Gasteiger partial charge in [-0.2, -0.15) is 0 Å². The second kappa shape index (κ2) is 23.0.